The van der Waals surface area contributed by atoms with Crippen molar-refractivity contribution in [1.29, 1.82) is 0 Å². The number of carboxylic acids is 1. The van der Waals surface area contributed by atoms with Gasteiger partial charge >= 0.3 is 5.97 Å². The molecule has 33 heavy (non-hydrogen) atoms. The predicted octanol–water partition coefficient (Wildman–Crippen LogP) is 7.23. The first-order valence-electron chi connectivity index (χ1n) is 13.8. The summed E-state index contributed by atoms with van der Waals surface area (Å²) in [5, 5.41) is 21.4. The van der Waals surface area contributed by atoms with Crippen LogP contribution in [-0.4, -0.2) is 22.3 Å². The Kier molecular flexibility index (Phi) is 4.99. The molecule has 8 atom stereocenters. The Balaban J connectivity index is 1.60. The Morgan fingerprint density at radius 2 is 1.55 bits per heavy atom. The molecular weight excluding hydrogens is 408 g/mol. The molecule has 0 aromatic carbocycles. The summed E-state index contributed by atoms with van der Waals surface area (Å²) in [6.45, 7) is 16.9. The van der Waals surface area contributed by atoms with Crippen LogP contribution in [0.1, 0.15) is 113 Å². The SMILES string of the molecule is CC1(C)CC[C@]2(C(=O)O)CC[C@]3(C)C(=CCC4[C@@]5(C)CC[C@H](O)C(C)(C)C5CC[C@]43C)C2C1. The highest BCUT2D eigenvalue weighted by Crippen LogP contribution is 2.75. The van der Waals surface area contributed by atoms with Gasteiger partial charge in [-0.2, -0.15) is 0 Å². The fourth-order valence-electron chi connectivity index (χ4n) is 10.6. The van der Waals surface area contributed by atoms with Crippen LogP contribution in [0.4, 0.5) is 0 Å². The lowest BCUT2D eigenvalue weighted by Gasteiger charge is -2.71. The normalized spacial score (nSPS) is 52.4. The molecule has 0 saturated heterocycles. The van der Waals surface area contributed by atoms with Crippen molar-refractivity contribution in [3.8, 4) is 0 Å². The predicted molar refractivity (Wildman–Crippen MR) is 133 cm³/mol. The molecular formula is C30H48O3. The first-order chi connectivity index (χ1) is 15.1. The van der Waals surface area contributed by atoms with E-state index in [2.05, 4.69) is 54.5 Å². The maximum Gasteiger partial charge on any atom is 0.310 e. The second-order valence-electron chi connectivity index (χ2n) is 15.1. The molecule has 0 radical (unpaired) electrons. The Hall–Kier alpha value is -0.830. The van der Waals surface area contributed by atoms with Crippen molar-refractivity contribution < 1.29 is 15.0 Å². The average Bonchev–Trinajstić information content (AvgIpc) is 2.71. The molecule has 0 aromatic heterocycles. The van der Waals surface area contributed by atoms with Gasteiger partial charge in [-0.1, -0.05) is 60.1 Å². The number of fused-ring (bicyclic) bond motifs is 7. The number of aliphatic hydroxyl groups is 1. The first-order valence-corrected chi connectivity index (χ1v) is 13.8. The second-order valence-corrected chi connectivity index (χ2v) is 15.1. The summed E-state index contributed by atoms with van der Waals surface area (Å²) in [5.41, 5.74) is 1.68. The Morgan fingerprint density at radius 3 is 2.21 bits per heavy atom. The highest BCUT2D eigenvalue weighted by molar-refractivity contribution is 5.76. The smallest absolute Gasteiger partial charge is 0.310 e. The third kappa shape index (κ3) is 2.87. The van der Waals surface area contributed by atoms with Crippen LogP contribution in [0.3, 0.4) is 0 Å². The quantitative estimate of drug-likeness (QED) is 0.409. The Morgan fingerprint density at radius 1 is 0.879 bits per heavy atom. The van der Waals surface area contributed by atoms with E-state index < -0.39 is 11.4 Å². The maximum absolute atomic E-state index is 12.8. The van der Waals surface area contributed by atoms with Gasteiger partial charge in [-0.25, -0.2) is 0 Å². The number of rotatable bonds is 1. The highest BCUT2D eigenvalue weighted by atomic mass is 16.4. The van der Waals surface area contributed by atoms with E-state index >= 15 is 0 Å². The molecule has 0 heterocycles. The van der Waals surface area contributed by atoms with Crippen LogP contribution in [0.2, 0.25) is 0 Å². The van der Waals surface area contributed by atoms with Gasteiger partial charge in [0.25, 0.3) is 0 Å². The summed E-state index contributed by atoms with van der Waals surface area (Å²) in [6.07, 6.45) is 12.6. The van der Waals surface area contributed by atoms with E-state index in [1.165, 1.54) is 18.4 Å². The Bertz CT molecular complexity index is 885. The van der Waals surface area contributed by atoms with E-state index in [4.69, 9.17) is 0 Å². The summed E-state index contributed by atoms with van der Waals surface area (Å²) in [7, 11) is 0. The van der Waals surface area contributed by atoms with E-state index in [1.54, 1.807) is 0 Å². The first kappa shape index (κ1) is 23.9. The van der Waals surface area contributed by atoms with E-state index in [1.807, 2.05) is 0 Å². The lowest BCUT2D eigenvalue weighted by molar-refractivity contribution is -0.205. The number of carboxylic acid groups (broad SMARTS) is 1. The summed E-state index contributed by atoms with van der Waals surface area (Å²) in [6, 6.07) is 0. The van der Waals surface area contributed by atoms with Crippen LogP contribution in [0.15, 0.2) is 11.6 Å². The molecule has 2 N–H and O–H groups in total. The minimum Gasteiger partial charge on any atom is -0.481 e. The molecule has 0 aliphatic heterocycles. The van der Waals surface area contributed by atoms with Crippen LogP contribution in [0.25, 0.3) is 0 Å². The zero-order valence-electron chi connectivity index (χ0n) is 22.3. The standard InChI is InChI=1S/C30H48O3/c1-25(2)14-16-30(24(32)33)17-15-28(6)19(20(30)18-25)8-9-22-27(5)12-11-23(31)26(3,4)21(27)10-13-29(22,28)7/h8,20-23,31H,9-18H2,1-7H3,(H,32,33)/t20?,21?,22?,23-,27-,28+,29+,30-/m0/s1. The van der Waals surface area contributed by atoms with Crippen molar-refractivity contribution in [2.75, 3.05) is 0 Å². The molecule has 5 rings (SSSR count). The lowest BCUT2D eigenvalue weighted by atomic mass is 9.33. The number of hydrogen-bond acceptors (Lipinski definition) is 2. The topological polar surface area (TPSA) is 57.5 Å². The van der Waals surface area contributed by atoms with Gasteiger partial charge in [0.1, 0.15) is 0 Å². The molecule has 3 unspecified atom stereocenters. The van der Waals surface area contributed by atoms with Crippen LogP contribution >= 0.6 is 0 Å². The van der Waals surface area contributed by atoms with Gasteiger partial charge in [0, 0.05) is 0 Å². The van der Waals surface area contributed by atoms with Gasteiger partial charge in [0.2, 0.25) is 0 Å². The van der Waals surface area contributed by atoms with Crippen LogP contribution in [0, 0.1) is 50.2 Å². The summed E-state index contributed by atoms with van der Waals surface area (Å²) in [4.78, 5) is 12.8. The van der Waals surface area contributed by atoms with Gasteiger partial charge in [-0.05, 0) is 109 Å². The number of hydrogen-bond donors (Lipinski definition) is 2. The largest absolute Gasteiger partial charge is 0.481 e. The molecule has 0 spiro atoms. The third-order valence-corrected chi connectivity index (χ3v) is 13.0. The van der Waals surface area contributed by atoms with Crippen molar-refractivity contribution in [1.82, 2.24) is 0 Å². The molecule has 3 heteroatoms. The molecule has 5 aliphatic rings. The zero-order chi connectivity index (χ0) is 24.2. The monoisotopic (exact) mass is 456 g/mol. The van der Waals surface area contributed by atoms with Gasteiger partial charge in [-0.15, -0.1) is 0 Å². The Labute approximate surface area is 201 Å². The molecule has 186 valence electrons. The molecule has 0 aromatic rings. The number of aliphatic carboxylic acids is 1. The van der Waals surface area contributed by atoms with Gasteiger partial charge in [0.15, 0.2) is 0 Å². The van der Waals surface area contributed by atoms with E-state index in [0.29, 0.717) is 11.8 Å². The van der Waals surface area contributed by atoms with Crippen LogP contribution < -0.4 is 0 Å². The van der Waals surface area contributed by atoms with E-state index in [9.17, 15) is 15.0 Å². The van der Waals surface area contributed by atoms with Gasteiger partial charge < -0.3 is 10.2 Å². The molecule has 4 saturated carbocycles. The van der Waals surface area contributed by atoms with Crippen LogP contribution in [0.5, 0.6) is 0 Å². The lowest BCUT2D eigenvalue weighted by Crippen LogP contribution is -2.65. The fraction of sp³-hybridized carbons (Fsp3) is 0.900. The molecule has 3 nitrogen and oxygen atoms in total. The highest BCUT2D eigenvalue weighted by Gasteiger charge is 2.69. The van der Waals surface area contributed by atoms with Gasteiger partial charge in [-0.3, -0.25) is 4.79 Å². The fourth-order valence-corrected chi connectivity index (χ4v) is 10.6. The zero-order valence-corrected chi connectivity index (χ0v) is 22.3. The number of allylic oxidation sites excluding steroid dienone is 2. The van der Waals surface area contributed by atoms with E-state index in [-0.39, 0.29) is 39.1 Å². The average molecular weight is 457 g/mol. The molecule has 4 fully saturated rings. The second kappa shape index (κ2) is 6.89. The third-order valence-electron chi connectivity index (χ3n) is 13.0. The van der Waals surface area contributed by atoms with Crippen LogP contribution in [-0.2, 0) is 4.79 Å². The van der Waals surface area contributed by atoms with Crippen molar-refractivity contribution in [2.45, 2.75) is 119 Å². The minimum absolute atomic E-state index is 0.0301. The summed E-state index contributed by atoms with van der Waals surface area (Å²) < 4.78 is 0. The van der Waals surface area contributed by atoms with E-state index in [0.717, 1.165) is 51.4 Å². The van der Waals surface area contributed by atoms with Crippen molar-refractivity contribution >= 4 is 5.97 Å². The van der Waals surface area contributed by atoms with Crippen molar-refractivity contribution in [3.63, 3.8) is 0 Å². The number of carbonyl (C=O) groups is 1. The summed E-state index contributed by atoms with van der Waals surface area (Å²) >= 11 is 0. The molecule has 0 bridgehead atoms. The summed E-state index contributed by atoms with van der Waals surface area (Å²) in [5.74, 6) is 0.807. The molecule has 5 aliphatic carbocycles. The van der Waals surface area contributed by atoms with Crippen molar-refractivity contribution in [2.24, 2.45) is 50.2 Å². The van der Waals surface area contributed by atoms with Gasteiger partial charge in [0.05, 0.1) is 11.5 Å². The van der Waals surface area contributed by atoms with Crippen molar-refractivity contribution in [3.05, 3.63) is 11.6 Å². The number of aliphatic hydroxyl groups excluding tert-OH is 1. The maximum atomic E-state index is 12.8. The minimum atomic E-state index is -0.553. The molecule has 0 amide bonds.